The number of nitrogens with zero attached hydrogens (tertiary/aromatic N) is 2. The number of aliphatic imine (C=N–C) groups is 1. The maximum Gasteiger partial charge on any atom is 0.140 e. The van der Waals surface area contributed by atoms with Gasteiger partial charge in [0.05, 0.1) is 12.8 Å². The average Bonchev–Trinajstić information content (AvgIpc) is 2.31. The van der Waals surface area contributed by atoms with Gasteiger partial charge in [-0.3, -0.25) is 9.98 Å². The molecule has 0 amide bonds. The van der Waals surface area contributed by atoms with E-state index in [1.54, 1.807) is 7.11 Å². The zero-order valence-corrected chi connectivity index (χ0v) is 10.2. The zero-order valence-electron chi connectivity index (χ0n) is 10.2. The lowest BCUT2D eigenvalue weighted by Crippen LogP contribution is -2.14. The van der Waals surface area contributed by atoms with Gasteiger partial charge in [-0.15, -0.1) is 0 Å². The summed E-state index contributed by atoms with van der Waals surface area (Å²) in [5.41, 5.74) is 3.20. The number of rotatable bonds is 2. The molecule has 1 aromatic rings. The van der Waals surface area contributed by atoms with Crippen LogP contribution in [0.3, 0.4) is 0 Å². The van der Waals surface area contributed by atoms with E-state index >= 15 is 0 Å². The maximum absolute atomic E-state index is 5.28. The summed E-state index contributed by atoms with van der Waals surface area (Å²) in [6.07, 6.45) is 4.16. The molecule has 0 saturated carbocycles. The predicted octanol–water partition coefficient (Wildman–Crippen LogP) is 2.62. The van der Waals surface area contributed by atoms with Crippen molar-refractivity contribution < 1.29 is 4.74 Å². The lowest BCUT2D eigenvalue weighted by molar-refractivity contribution is 0.409. The fourth-order valence-electron chi connectivity index (χ4n) is 1.93. The van der Waals surface area contributed by atoms with E-state index in [4.69, 9.17) is 4.74 Å². The Balaban J connectivity index is 2.27. The van der Waals surface area contributed by atoms with Gasteiger partial charge in [0.15, 0.2) is 0 Å². The molecular weight excluding hydrogens is 200 g/mol. The summed E-state index contributed by atoms with van der Waals surface area (Å²) in [6, 6.07) is 2.04. The lowest BCUT2D eigenvalue weighted by atomic mass is 9.96. The normalized spacial score (nSPS) is 20.4. The van der Waals surface area contributed by atoms with Gasteiger partial charge in [-0.05, 0) is 31.7 Å². The minimum absolute atomic E-state index is 0.712. The molecule has 3 nitrogen and oxygen atoms in total. The van der Waals surface area contributed by atoms with E-state index in [1.165, 1.54) is 12.1 Å². The second-order valence-corrected chi connectivity index (χ2v) is 4.44. The van der Waals surface area contributed by atoms with Crippen molar-refractivity contribution in [2.24, 2.45) is 10.9 Å². The maximum atomic E-state index is 5.28. The standard InChI is InChI=1S/C13H18N2O/c1-9-4-5-12(15-7-9)11-6-13(16-3)10(2)14-8-11/h6,8-9H,4-5,7H2,1-3H3/t9-/m0/s1. The van der Waals surface area contributed by atoms with E-state index in [0.717, 1.165) is 30.0 Å². The molecule has 0 bridgehead atoms. The molecule has 0 fully saturated rings. The molecule has 1 aliphatic heterocycles. The molecule has 2 rings (SSSR count). The Hall–Kier alpha value is -1.38. The number of pyridine rings is 1. The molecule has 0 aliphatic carbocycles. The Morgan fingerprint density at radius 1 is 1.44 bits per heavy atom. The van der Waals surface area contributed by atoms with Crippen molar-refractivity contribution in [1.82, 2.24) is 4.98 Å². The molecule has 3 heteroatoms. The molecule has 1 aromatic heterocycles. The van der Waals surface area contributed by atoms with Gasteiger partial charge < -0.3 is 4.74 Å². The van der Waals surface area contributed by atoms with Crippen LogP contribution in [-0.4, -0.2) is 24.4 Å². The van der Waals surface area contributed by atoms with E-state index in [2.05, 4.69) is 16.9 Å². The Bertz CT molecular complexity index is 412. The summed E-state index contributed by atoms with van der Waals surface area (Å²) in [7, 11) is 1.68. The van der Waals surface area contributed by atoms with Crippen molar-refractivity contribution in [2.75, 3.05) is 13.7 Å². The number of aryl methyl sites for hydroxylation is 1. The van der Waals surface area contributed by atoms with Crippen LogP contribution in [0.4, 0.5) is 0 Å². The van der Waals surface area contributed by atoms with Gasteiger partial charge in [0.25, 0.3) is 0 Å². The van der Waals surface area contributed by atoms with E-state index in [-0.39, 0.29) is 0 Å². The minimum Gasteiger partial charge on any atom is -0.495 e. The molecule has 0 unspecified atom stereocenters. The largest absolute Gasteiger partial charge is 0.495 e. The summed E-state index contributed by atoms with van der Waals surface area (Å²) >= 11 is 0. The third kappa shape index (κ3) is 2.23. The van der Waals surface area contributed by atoms with Gasteiger partial charge in [-0.2, -0.15) is 0 Å². The van der Waals surface area contributed by atoms with E-state index in [1.807, 2.05) is 19.2 Å². The SMILES string of the molecule is COc1cc(C2=NC[C@@H](C)CC2)cnc1C. The summed E-state index contributed by atoms with van der Waals surface area (Å²) in [5, 5.41) is 0. The van der Waals surface area contributed by atoms with Crippen LogP contribution in [0.15, 0.2) is 17.3 Å². The topological polar surface area (TPSA) is 34.5 Å². The third-order valence-corrected chi connectivity index (χ3v) is 3.06. The van der Waals surface area contributed by atoms with Crippen molar-refractivity contribution in [1.29, 1.82) is 0 Å². The molecule has 0 aromatic carbocycles. The molecule has 0 N–H and O–H groups in total. The highest BCUT2D eigenvalue weighted by atomic mass is 16.5. The summed E-state index contributed by atoms with van der Waals surface area (Å²) < 4.78 is 5.28. The highest BCUT2D eigenvalue weighted by Gasteiger charge is 2.14. The molecule has 0 radical (unpaired) electrons. The van der Waals surface area contributed by atoms with Crippen LogP contribution >= 0.6 is 0 Å². The molecule has 0 saturated heterocycles. The molecule has 86 valence electrons. The van der Waals surface area contributed by atoms with Crippen LogP contribution in [0.25, 0.3) is 0 Å². The van der Waals surface area contributed by atoms with Crippen LogP contribution in [0.2, 0.25) is 0 Å². The Morgan fingerprint density at radius 3 is 2.88 bits per heavy atom. The van der Waals surface area contributed by atoms with Crippen molar-refractivity contribution in [3.05, 3.63) is 23.5 Å². The lowest BCUT2D eigenvalue weighted by Gasteiger charge is -2.17. The second kappa shape index (κ2) is 4.64. The first-order valence-electron chi connectivity index (χ1n) is 5.75. The quantitative estimate of drug-likeness (QED) is 0.764. The van der Waals surface area contributed by atoms with Crippen LogP contribution < -0.4 is 4.74 Å². The number of ether oxygens (including phenoxy) is 1. The smallest absolute Gasteiger partial charge is 0.140 e. The van der Waals surface area contributed by atoms with Crippen LogP contribution in [0, 0.1) is 12.8 Å². The van der Waals surface area contributed by atoms with E-state index in [0.29, 0.717) is 5.92 Å². The van der Waals surface area contributed by atoms with E-state index < -0.39 is 0 Å². The fraction of sp³-hybridized carbons (Fsp3) is 0.538. The molecule has 16 heavy (non-hydrogen) atoms. The first-order chi connectivity index (χ1) is 7.70. The average molecular weight is 218 g/mol. The fourth-order valence-corrected chi connectivity index (χ4v) is 1.93. The highest BCUT2D eigenvalue weighted by Crippen LogP contribution is 2.21. The van der Waals surface area contributed by atoms with Crippen molar-refractivity contribution in [3.8, 4) is 5.75 Å². The molecule has 2 heterocycles. The Labute approximate surface area is 96.6 Å². The predicted molar refractivity (Wildman–Crippen MR) is 65.3 cm³/mol. The Kier molecular flexibility index (Phi) is 3.22. The summed E-state index contributed by atoms with van der Waals surface area (Å²) in [5.74, 6) is 1.56. The second-order valence-electron chi connectivity index (χ2n) is 4.44. The number of methoxy groups -OCH3 is 1. The first kappa shape index (κ1) is 11.1. The van der Waals surface area contributed by atoms with Gasteiger partial charge >= 0.3 is 0 Å². The van der Waals surface area contributed by atoms with Gasteiger partial charge in [0.1, 0.15) is 5.75 Å². The van der Waals surface area contributed by atoms with Crippen molar-refractivity contribution in [2.45, 2.75) is 26.7 Å². The van der Waals surface area contributed by atoms with Gasteiger partial charge in [0.2, 0.25) is 0 Å². The third-order valence-electron chi connectivity index (χ3n) is 3.06. The monoisotopic (exact) mass is 218 g/mol. The molecular formula is C13H18N2O. The zero-order chi connectivity index (χ0) is 11.5. The number of hydrogen-bond acceptors (Lipinski definition) is 3. The highest BCUT2D eigenvalue weighted by molar-refractivity contribution is 6.01. The first-order valence-corrected chi connectivity index (χ1v) is 5.75. The van der Waals surface area contributed by atoms with Gasteiger partial charge in [-0.25, -0.2) is 0 Å². The van der Waals surface area contributed by atoms with Crippen LogP contribution in [0.1, 0.15) is 31.0 Å². The minimum atomic E-state index is 0.712. The summed E-state index contributed by atoms with van der Waals surface area (Å²) in [6.45, 7) is 5.13. The molecule has 1 aliphatic rings. The van der Waals surface area contributed by atoms with Gasteiger partial charge in [0, 0.05) is 24.0 Å². The number of aromatic nitrogens is 1. The van der Waals surface area contributed by atoms with E-state index in [9.17, 15) is 0 Å². The van der Waals surface area contributed by atoms with Crippen molar-refractivity contribution in [3.63, 3.8) is 0 Å². The van der Waals surface area contributed by atoms with Crippen LogP contribution in [-0.2, 0) is 0 Å². The van der Waals surface area contributed by atoms with Gasteiger partial charge in [-0.1, -0.05) is 6.92 Å². The van der Waals surface area contributed by atoms with Crippen molar-refractivity contribution >= 4 is 5.71 Å². The number of hydrogen-bond donors (Lipinski definition) is 0. The Morgan fingerprint density at radius 2 is 2.25 bits per heavy atom. The summed E-state index contributed by atoms with van der Waals surface area (Å²) in [4.78, 5) is 8.95. The molecule has 0 spiro atoms. The molecule has 1 atom stereocenters. The van der Waals surface area contributed by atoms with Crippen LogP contribution in [0.5, 0.6) is 5.75 Å².